The van der Waals surface area contributed by atoms with Gasteiger partial charge < -0.3 is 15.5 Å². The lowest BCUT2D eigenvalue weighted by Gasteiger charge is -2.14. The average Bonchev–Trinajstić information content (AvgIpc) is 2.23. The third kappa shape index (κ3) is 4.48. The molecular formula is C13H17F2NO3. The van der Waals surface area contributed by atoms with Gasteiger partial charge in [0.15, 0.2) is 0 Å². The van der Waals surface area contributed by atoms with Crippen molar-refractivity contribution in [2.24, 2.45) is 5.92 Å². The number of aromatic hydroxyl groups is 1. The predicted molar refractivity (Wildman–Crippen MR) is 65.8 cm³/mol. The van der Waals surface area contributed by atoms with Crippen molar-refractivity contribution in [3.8, 4) is 5.75 Å². The number of nitrogens with one attached hydrogen (secondary N) is 1. The minimum absolute atomic E-state index is 0.00500. The Bertz CT molecular complexity index is 440. The van der Waals surface area contributed by atoms with Gasteiger partial charge in [-0.3, -0.25) is 4.79 Å². The van der Waals surface area contributed by atoms with Gasteiger partial charge in [0.2, 0.25) is 0 Å². The number of benzene rings is 1. The largest absolute Gasteiger partial charge is 0.507 e. The van der Waals surface area contributed by atoms with Gasteiger partial charge in [-0.25, -0.2) is 8.78 Å². The number of phenolic OH excluding ortho intramolecular Hbond substituents is 1. The summed E-state index contributed by atoms with van der Waals surface area (Å²) in [4.78, 5) is 11.7. The van der Waals surface area contributed by atoms with Gasteiger partial charge in [-0.05, 0) is 19.3 Å². The molecule has 106 valence electrons. The quantitative estimate of drug-likeness (QED) is 0.766. The van der Waals surface area contributed by atoms with Gasteiger partial charge in [-0.1, -0.05) is 6.92 Å². The molecule has 0 aliphatic rings. The lowest BCUT2D eigenvalue weighted by Crippen LogP contribution is -2.30. The Morgan fingerprint density at radius 1 is 1.37 bits per heavy atom. The van der Waals surface area contributed by atoms with Crippen LogP contribution in [0.3, 0.4) is 0 Å². The second kappa shape index (κ2) is 6.47. The number of hydrogen-bond donors (Lipinski definition) is 3. The second-order valence-electron chi connectivity index (χ2n) is 4.68. The molecule has 0 aromatic heterocycles. The normalized spacial score (nSPS) is 13.9. The number of phenols is 1. The maximum atomic E-state index is 13.4. The van der Waals surface area contributed by atoms with E-state index in [-0.39, 0.29) is 12.5 Å². The van der Waals surface area contributed by atoms with E-state index in [2.05, 4.69) is 5.32 Å². The molecule has 0 aliphatic carbocycles. The molecule has 3 N–H and O–H groups in total. The molecule has 6 heteroatoms. The summed E-state index contributed by atoms with van der Waals surface area (Å²) in [5.74, 6) is -3.62. The van der Waals surface area contributed by atoms with E-state index in [1.165, 1.54) is 0 Å². The zero-order valence-corrected chi connectivity index (χ0v) is 10.8. The van der Waals surface area contributed by atoms with Crippen molar-refractivity contribution < 1.29 is 23.8 Å². The molecule has 1 rings (SSSR count). The molecule has 0 heterocycles. The van der Waals surface area contributed by atoms with Crippen molar-refractivity contribution in [3.05, 3.63) is 29.3 Å². The zero-order chi connectivity index (χ0) is 14.6. The molecule has 0 spiro atoms. The van der Waals surface area contributed by atoms with Crippen LogP contribution in [0.4, 0.5) is 8.78 Å². The van der Waals surface area contributed by atoms with Crippen LogP contribution in [0.5, 0.6) is 5.75 Å². The highest BCUT2D eigenvalue weighted by Crippen LogP contribution is 2.21. The third-order valence-electron chi connectivity index (χ3n) is 2.62. The molecule has 1 aromatic rings. The van der Waals surface area contributed by atoms with Crippen molar-refractivity contribution >= 4 is 5.91 Å². The molecule has 0 bridgehead atoms. The first-order chi connectivity index (χ1) is 8.81. The fourth-order valence-electron chi connectivity index (χ4n) is 1.81. The monoisotopic (exact) mass is 273 g/mol. The van der Waals surface area contributed by atoms with Gasteiger partial charge in [0.1, 0.15) is 22.9 Å². The van der Waals surface area contributed by atoms with E-state index in [0.717, 1.165) is 0 Å². The van der Waals surface area contributed by atoms with E-state index < -0.39 is 35.0 Å². The smallest absolute Gasteiger partial charge is 0.258 e. The van der Waals surface area contributed by atoms with Crippen molar-refractivity contribution in [3.63, 3.8) is 0 Å². The van der Waals surface area contributed by atoms with E-state index >= 15 is 0 Å². The molecule has 0 saturated carbocycles. The minimum atomic E-state index is -1.11. The highest BCUT2D eigenvalue weighted by Gasteiger charge is 2.19. The first kappa shape index (κ1) is 15.4. The van der Waals surface area contributed by atoms with Crippen molar-refractivity contribution in [2.45, 2.75) is 26.4 Å². The van der Waals surface area contributed by atoms with Gasteiger partial charge in [0, 0.05) is 18.7 Å². The maximum Gasteiger partial charge on any atom is 0.258 e. The molecule has 0 fully saturated rings. The van der Waals surface area contributed by atoms with Gasteiger partial charge in [0.05, 0.1) is 6.10 Å². The van der Waals surface area contributed by atoms with Crippen LogP contribution in [0.2, 0.25) is 0 Å². The summed E-state index contributed by atoms with van der Waals surface area (Å²) in [5, 5.41) is 21.0. The molecule has 1 amide bonds. The number of hydrogen-bond acceptors (Lipinski definition) is 3. The molecule has 0 saturated heterocycles. The van der Waals surface area contributed by atoms with E-state index in [4.69, 9.17) is 5.11 Å². The molecule has 4 nitrogen and oxygen atoms in total. The van der Waals surface area contributed by atoms with E-state index in [1.54, 1.807) is 6.92 Å². The lowest BCUT2D eigenvalue weighted by atomic mass is 10.0. The fraction of sp³-hybridized carbons (Fsp3) is 0.462. The molecule has 2 atom stereocenters. The van der Waals surface area contributed by atoms with Crippen LogP contribution in [-0.2, 0) is 0 Å². The summed E-state index contributed by atoms with van der Waals surface area (Å²) in [5.41, 5.74) is -0.578. The summed E-state index contributed by atoms with van der Waals surface area (Å²) in [6.45, 7) is 3.66. The molecule has 1 aromatic carbocycles. The summed E-state index contributed by atoms with van der Waals surface area (Å²) >= 11 is 0. The van der Waals surface area contributed by atoms with Crippen LogP contribution in [0.25, 0.3) is 0 Å². The second-order valence-corrected chi connectivity index (χ2v) is 4.68. The van der Waals surface area contributed by atoms with E-state index in [1.807, 2.05) is 6.92 Å². The SMILES string of the molecule is C[C@@H](CNC(=O)c1c(O)cc(F)cc1F)C[C@@H](C)O. The van der Waals surface area contributed by atoms with Crippen molar-refractivity contribution in [1.82, 2.24) is 5.32 Å². The first-order valence-corrected chi connectivity index (χ1v) is 5.95. The Morgan fingerprint density at radius 2 is 2.00 bits per heavy atom. The average molecular weight is 273 g/mol. The van der Waals surface area contributed by atoms with Crippen molar-refractivity contribution in [2.75, 3.05) is 6.54 Å². The van der Waals surface area contributed by atoms with E-state index in [0.29, 0.717) is 18.6 Å². The number of aliphatic hydroxyl groups is 1. The van der Waals surface area contributed by atoms with Crippen LogP contribution in [0.15, 0.2) is 12.1 Å². The maximum absolute atomic E-state index is 13.4. The molecule has 0 unspecified atom stereocenters. The number of amides is 1. The Balaban J connectivity index is 2.69. The van der Waals surface area contributed by atoms with Crippen LogP contribution < -0.4 is 5.32 Å². The molecule has 19 heavy (non-hydrogen) atoms. The van der Waals surface area contributed by atoms with Crippen LogP contribution >= 0.6 is 0 Å². The highest BCUT2D eigenvalue weighted by molar-refractivity contribution is 5.97. The van der Waals surface area contributed by atoms with Gasteiger partial charge in [-0.15, -0.1) is 0 Å². The van der Waals surface area contributed by atoms with Gasteiger partial charge in [0.25, 0.3) is 5.91 Å². The fourth-order valence-corrected chi connectivity index (χ4v) is 1.81. The summed E-state index contributed by atoms with van der Waals surface area (Å²) in [6.07, 6.45) is -0.0131. The number of aliphatic hydroxyl groups excluding tert-OH is 1. The van der Waals surface area contributed by atoms with Crippen LogP contribution in [0, 0.1) is 17.6 Å². The predicted octanol–water partition coefficient (Wildman–Crippen LogP) is 1.81. The number of halogens is 2. The Hall–Kier alpha value is -1.69. The number of rotatable bonds is 5. The topological polar surface area (TPSA) is 69.6 Å². The molecule has 0 aliphatic heterocycles. The molecule has 0 radical (unpaired) electrons. The minimum Gasteiger partial charge on any atom is -0.507 e. The standard InChI is InChI=1S/C13H17F2NO3/c1-7(3-8(2)17)6-16-13(19)12-10(15)4-9(14)5-11(12)18/h4-5,7-8,17-18H,3,6H2,1-2H3,(H,16,19)/t7-,8-/m1/s1. The Kier molecular flexibility index (Phi) is 5.23. The Labute approximate surface area is 110 Å². The number of carbonyl (C=O) groups is 1. The zero-order valence-electron chi connectivity index (χ0n) is 10.8. The van der Waals surface area contributed by atoms with E-state index in [9.17, 15) is 18.7 Å². The van der Waals surface area contributed by atoms with Crippen molar-refractivity contribution in [1.29, 1.82) is 0 Å². The summed E-state index contributed by atoms with van der Waals surface area (Å²) < 4.78 is 26.2. The summed E-state index contributed by atoms with van der Waals surface area (Å²) in [6, 6.07) is 1.21. The first-order valence-electron chi connectivity index (χ1n) is 5.95. The van der Waals surface area contributed by atoms with Crippen LogP contribution in [-0.4, -0.2) is 28.8 Å². The third-order valence-corrected chi connectivity index (χ3v) is 2.62. The molecular weight excluding hydrogens is 256 g/mol. The summed E-state index contributed by atoms with van der Waals surface area (Å²) in [7, 11) is 0. The lowest BCUT2D eigenvalue weighted by molar-refractivity contribution is 0.0932. The highest BCUT2D eigenvalue weighted by atomic mass is 19.1. The van der Waals surface area contributed by atoms with Gasteiger partial charge >= 0.3 is 0 Å². The van der Waals surface area contributed by atoms with Crippen LogP contribution in [0.1, 0.15) is 30.6 Å². The number of carbonyl (C=O) groups excluding carboxylic acids is 1. The Morgan fingerprint density at radius 3 is 2.53 bits per heavy atom. The van der Waals surface area contributed by atoms with Gasteiger partial charge in [-0.2, -0.15) is 0 Å².